The fourth-order valence-corrected chi connectivity index (χ4v) is 2.04. The average molecular weight is 242 g/mol. The Morgan fingerprint density at radius 3 is 2.56 bits per heavy atom. The summed E-state index contributed by atoms with van der Waals surface area (Å²) in [4.78, 5) is 16.8. The predicted octanol–water partition coefficient (Wildman–Crippen LogP) is 3.06. The van der Waals surface area contributed by atoms with Gasteiger partial charge in [-0.25, -0.2) is 4.98 Å². The van der Waals surface area contributed by atoms with Crippen LogP contribution in [0.3, 0.4) is 0 Å². The maximum atomic E-state index is 12.6. The second kappa shape index (κ2) is 4.77. The Hall–Kier alpha value is -1.90. The molecule has 0 fully saturated rings. The van der Waals surface area contributed by atoms with Crippen LogP contribution in [-0.2, 0) is 12.0 Å². The number of ketones is 1. The van der Waals surface area contributed by atoms with Crippen molar-refractivity contribution < 1.29 is 4.79 Å². The van der Waals surface area contributed by atoms with Crippen LogP contribution in [0.2, 0.25) is 0 Å². The summed E-state index contributed by atoms with van der Waals surface area (Å²) in [6, 6.07) is 9.83. The number of aryl methyl sites for hydroxylation is 1. The smallest absolute Gasteiger partial charge is 0.208 e. The first-order valence-corrected chi connectivity index (χ1v) is 6.19. The summed E-state index contributed by atoms with van der Waals surface area (Å²) in [7, 11) is 0. The van der Waals surface area contributed by atoms with Crippen molar-refractivity contribution in [2.45, 2.75) is 32.7 Å². The predicted molar refractivity (Wildman–Crippen MR) is 71.7 cm³/mol. The zero-order valence-electron chi connectivity index (χ0n) is 11.1. The lowest BCUT2D eigenvalue weighted by atomic mass is 9.80. The average Bonchev–Trinajstić information content (AvgIpc) is 2.87. The Labute approximate surface area is 107 Å². The summed E-state index contributed by atoms with van der Waals surface area (Å²) in [5.41, 5.74) is 0.458. The van der Waals surface area contributed by atoms with Crippen LogP contribution in [0.4, 0.5) is 0 Å². The molecule has 2 rings (SSSR count). The van der Waals surface area contributed by atoms with Gasteiger partial charge in [0.25, 0.3) is 0 Å². The van der Waals surface area contributed by atoms with E-state index in [4.69, 9.17) is 0 Å². The standard InChI is InChI=1S/C15H18N2O/c1-4-17-11-10-16-14(17)13(18)15(2,3)12-8-6-5-7-9-12/h5-11H,4H2,1-3H3. The van der Waals surface area contributed by atoms with E-state index in [0.717, 1.165) is 12.1 Å². The van der Waals surface area contributed by atoms with Gasteiger partial charge in [-0.2, -0.15) is 0 Å². The van der Waals surface area contributed by atoms with Crippen molar-refractivity contribution in [3.63, 3.8) is 0 Å². The normalized spacial score (nSPS) is 11.5. The highest BCUT2D eigenvalue weighted by atomic mass is 16.1. The molecule has 3 nitrogen and oxygen atoms in total. The molecule has 94 valence electrons. The Balaban J connectivity index is 2.39. The number of carbonyl (C=O) groups is 1. The maximum Gasteiger partial charge on any atom is 0.208 e. The molecule has 1 aromatic heterocycles. The van der Waals surface area contributed by atoms with Crippen molar-refractivity contribution in [1.82, 2.24) is 9.55 Å². The van der Waals surface area contributed by atoms with Gasteiger partial charge in [0.1, 0.15) is 0 Å². The van der Waals surface area contributed by atoms with Crippen molar-refractivity contribution in [3.8, 4) is 0 Å². The minimum absolute atomic E-state index is 0.0561. The van der Waals surface area contributed by atoms with E-state index in [2.05, 4.69) is 4.98 Å². The summed E-state index contributed by atoms with van der Waals surface area (Å²) in [6.45, 7) is 6.65. The minimum atomic E-state index is -0.556. The number of hydrogen-bond donors (Lipinski definition) is 0. The lowest BCUT2D eigenvalue weighted by Gasteiger charge is -2.23. The molecular formula is C15H18N2O. The number of aromatic nitrogens is 2. The van der Waals surface area contributed by atoms with Crippen molar-refractivity contribution in [2.75, 3.05) is 0 Å². The van der Waals surface area contributed by atoms with Crippen LogP contribution >= 0.6 is 0 Å². The third kappa shape index (κ3) is 2.08. The molecule has 0 amide bonds. The van der Waals surface area contributed by atoms with E-state index >= 15 is 0 Å². The van der Waals surface area contributed by atoms with Crippen LogP contribution in [0, 0.1) is 0 Å². The van der Waals surface area contributed by atoms with Gasteiger partial charge < -0.3 is 4.57 Å². The molecule has 0 saturated heterocycles. The molecule has 1 aromatic carbocycles. The third-order valence-corrected chi connectivity index (χ3v) is 3.32. The van der Waals surface area contributed by atoms with Crippen molar-refractivity contribution in [2.24, 2.45) is 0 Å². The van der Waals surface area contributed by atoms with E-state index in [1.54, 1.807) is 6.20 Å². The molecule has 1 heterocycles. The largest absolute Gasteiger partial charge is 0.329 e. The Kier molecular flexibility index (Phi) is 3.32. The van der Waals surface area contributed by atoms with E-state index in [1.807, 2.05) is 61.9 Å². The maximum absolute atomic E-state index is 12.6. The number of Topliss-reactive ketones (excluding diaryl/α,β-unsaturated/α-hetero) is 1. The molecule has 0 aliphatic carbocycles. The van der Waals surface area contributed by atoms with Crippen LogP contribution in [0.25, 0.3) is 0 Å². The highest BCUT2D eigenvalue weighted by Gasteiger charge is 2.33. The number of rotatable bonds is 4. The van der Waals surface area contributed by atoms with Gasteiger partial charge in [0.05, 0.1) is 5.41 Å². The van der Waals surface area contributed by atoms with Crippen LogP contribution in [0.1, 0.15) is 37.0 Å². The van der Waals surface area contributed by atoms with Crippen LogP contribution in [0.15, 0.2) is 42.7 Å². The minimum Gasteiger partial charge on any atom is -0.329 e. The van der Waals surface area contributed by atoms with Gasteiger partial charge in [-0.15, -0.1) is 0 Å². The number of benzene rings is 1. The molecule has 0 radical (unpaired) electrons. The molecule has 0 atom stereocenters. The zero-order chi connectivity index (χ0) is 13.2. The topological polar surface area (TPSA) is 34.9 Å². The monoisotopic (exact) mass is 242 g/mol. The van der Waals surface area contributed by atoms with E-state index in [9.17, 15) is 4.79 Å². The van der Waals surface area contributed by atoms with Crippen molar-refractivity contribution in [3.05, 3.63) is 54.1 Å². The van der Waals surface area contributed by atoms with Gasteiger partial charge in [-0.05, 0) is 26.3 Å². The molecule has 3 heteroatoms. The molecule has 0 aliphatic rings. The van der Waals surface area contributed by atoms with Crippen LogP contribution in [0.5, 0.6) is 0 Å². The molecule has 0 unspecified atom stereocenters. The fourth-order valence-electron chi connectivity index (χ4n) is 2.04. The summed E-state index contributed by atoms with van der Waals surface area (Å²) < 4.78 is 1.88. The van der Waals surface area contributed by atoms with Crippen molar-refractivity contribution >= 4 is 5.78 Å². The van der Waals surface area contributed by atoms with Gasteiger partial charge >= 0.3 is 0 Å². The molecular weight excluding hydrogens is 224 g/mol. The number of hydrogen-bond acceptors (Lipinski definition) is 2. The molecule has 18 heavy (non-hydrogen) atoms. The van der Waals surface area contributed by atoms with Gasteiger partial charge in [-0.3, -0.25) is 4.79 Å². The summed E-state index contributed by atoms with van der Waals surface area (Å²) >= 11 is 0. The van der Waals surface area contributed by atoms with E-state index in [-0.39, 0.29) is 5.78 Å². The fraction of sp³-hybridized carbons (Fsp3) is 0.333. The molecule has 0 saturated carbocycles. The first kappa shape index (κ1) is 12.6. The third-order valence-electron chi connectivity index (χ3n) is 3.32. The second-order valence-electron chi connectivity index (χ2n) is 4.86. The summed E-state index contributed by atoms with van der Waals surface area (Å²) in [5, 5.41) is 0. The lowest BCUT2D eigenvalue weighted by molar-refractivity contribution is 0.0893. The molecule has 0 aliphatic heterocycles. The van der Waals surface area contributed by atoms with Crippen LogP contribution in [-0.4, -0.2) is 15.3 Å². The van der Waals surface area contributed by atoms with E-state index in [1.165, 1.54) is 0 Å². The zero-order valence-corrected chi connectivity index (χ0v) is 11.1. The summed E-state index contributed by atoms with van der Waals surface area (Å²) in [6.07, 6.45) is 3.52. The highest BCUT2D eigenvalue weighted by Crippen LogP contribution is 2.26. The van der Waals surface area contributed by atoms with Crippen molar-refractivity contribution in [1.29, 1.82) is 0 Å². The number of imidazole rings is 1. The second-order valence-corrected chi connectivity index (χ2v) is 4.86. The first-order chi connectivity index (χ1) is 8.57. The molecule has 0 bridgehead atoms. The Morgan fingerprint density at radius 1 is 1.28 bits per heavy atom. The Morgan fingerprint density at radius 2 is 1.94 bits per heavy atom. The molecule has 2 aromatic rings. The first-order valence-electron chi connectivity index (χ1n) is 6.19. The highest BCUT2D eigenvalue weighted by molar-refractivity contribution is 6.01. The van der Waals surface area contributed by atoms with Gasteiger partial charge in [0.15, 0.2) is 5.82 Å². The van der Waals surface area contributed by atoms with Gasteiger partial charge in [0.2, 0.25) is 5.78 Å². The van der Waals surface area contributed by atoms with Gasteiger partial charge in [0, 0.05) is 18.9 Å². The van der Waals surface area contributed by atoms with E-state index in [0.29, 0.717) is 5.82 Å². The SMILES string of the molecule is CCn1ccnc1C(=O)C(C)(C)c1ccccc1. The molecule has 0 spiro atoms. The number of nitrogens with zero attached hydrogens (tertiary/aromatic N) is 2. The lowest BCUT2D eigenvalue weighted by Crippen LogP contribution is -2.31. The number of carbonyl (C=O) groups excluding carboxylic acids is 1. The molecule has 0 N–H and O–H groups in total. The quantitative estimate of drug-likeness (QED) is 0.772. The summed E-state index contributed by atoms with van der Waals surface area (Å²) in [5.74, 6) is 0.590. The van der Waals surface area contributed by atoms with E-state index < -0.39 is 5.41 Å². The Bertz CT molecular complexity index is 541. The van der Waals surface area contributed by atoms with Gasteiger partial charge in [-0.1, -0.05) is 30.3 Å². The van der Waals surface area contributed by atoms with Crippen LogP contribution < -0.4 is 0 Å².